The second-order valence-corrected chi connectivity index (χ2v) is 13.4. The third-order valence-electron chi connectivity index (χ3n) is 7.91. The molecule has 0 amide bonds. The van der Waals surface area contributed by atoms with E-state index in [4.69, 9.17) is 19.3 Å². The molecular weight excluding hydrogens is 611 g/mol. The first kappa shape index (κ1) is 41.9. The van der Waals surface area contributed by atoms with Crippen molar-refractivity contribution in [2.75, 3.05) is 13.2 Å². The van der Waals surface area contributed by atoms with E-state index in [1.54, 1.807) is 12.2 Å². The Kier molecular flexibility index (Phi) is 23.6. The van der Waals surface area contributed by atoms with Gasteiger partial charge in [-0.3, -0.25) is 18.9 Å². The van der Waals surface area contributed by atoms with Crippen LogP contribution in [-0.4, -0.2) is 58.0 Å². The molecule has 46 heavy (non-hydrogen) atoms. The van der Waals surface area contributed by atoms with E-state index in [1.807, 2.05) is 24.3 Å². The van der Waals surface area contributed by atoms with Crippen molar-refractivity contribution in [3.63, 3.8) is 0 Å². The minimum atomic E-state index is -4.80. The number of phosphoric acid groups is 1. The Morgan fingerprint density at radius 1 is 0.870 bits per heavy atom. The maximum atomic E-state index is 12.4. The number of phosphoric ester groups is 1. The molecule has 0 radical (unpaired) electrons. The molecule has 3 N–H and O–H groups in total. The minimum absolute atomic E-state index is 0.0191. The van der Waals surface area contributed by atoms with Crippen LogP contribution in [0.5, 0.6) is 0 Å². The Labute approximate surface area is 276 Å². The summed E-state index contributed by atoms with van der Waals surface area (Å²) in [7, 11) is -4.80. The van der Waals surface area contributed by atoms with Gasteiger partial charge in [-0.1, -0.05) is 115 Å². The molecular formula is C35H59O10P. The number of ether oxygens (including phenoxy) is 2. The first-order chi connectivity index (χ1) is 22.1. The van der Waals surface area contributed by atoms with Crippen LogP contribution in [-0.2, 0) is 32.9 Å². The van der Waals surface area contributed by atoms with E-state index >= 15 is 0 Å². The highest BCUT2D eigenvalue weighted by Crippen LogP contribution is 2.36. The second-order valence-electron chi connectivity index (χ2n) is 12.2. The number of carbonyl (C=O) groups excluding carboxylic acids is 3. The van der Waals surface area contributed by atoms with Crippen molar-refractivity contribution in [1.82, 2.24) is 0 Å². The topological polar surface area (TPSA) is 157 Å². The number of carbonyl (C=O) groups is 3. The molecule has 1 aliphatic rings. The first-order valence-electron chi connectivity index (χ1n) is 17.3. The molecule has 0 aromatic rings. The van der Waals surface area contributed by atoms with Crippen LogP contribution >= 0.6 is 7.82 Å². The predicted molar refractivity (Wildman–Crippen MR) is 179 cm³/mol. The van der Waals surface area contributed by atoms with Crippen LogP contribution in [0.15, 0.2) is 36.5 Å². The summed E-state index contributed by atoms with van der Waals surface area (Å²) in [6.07, 6.45) is 25.1. The van der Waals surface area contributed by atoms with E-state index in [9.17, 15) is 24.1 Å². The lowest BCUT2D eigenvalue weighted by Crippen LogP contribution is -2.29. The van der Waals surface area contributed by atoms with Gasteiger partial charge < -0.3 is 24.4 Å². The largest absolute Gasteiger partial charge is 0.469 e. The van der Waals surface area contributed by atoms with Gasteiger partial charge in [-0.2, -0.15) is 0 Å². The molecule has 0 unspecified atom stereocenters. The van der Waals surface area contributed by atoms with Crippen LogP contribution < -0.4 is 0 Å². The molecule has 1 rings (SSSR count). The number of hydrogen-bond donors (Lipinski definition) is 3. The molecule has 0 aromatic carbocycles. The summed E-state index contributed by atoms with van der Waals surface area (Å²) in [5.74, 6) is -1.28. The van der Waals surface area contributed by atoms with E-state index in [1.165, 1.54) is 32.1 Å². The molecule has 1 aliphatic carbocycles. The zero-order valence-electron chi connectivity index (χ0n) is 28.1. The monoisotopic (exact) mass is 670 g/mol. The summed E-state index contributed by atoms with van der Waals surface area (Å²) in [5, 5.41) is 10.1. The van der Waals surface area contributed by atoms with Crippen LogP contribution in [0.2, 0.25) is 0 Å². The Morgan fingerprint density at radius 3 is 2.17 bits per heavy atom. The molecule has 0 aromatic heterocycles. The quantitative estimate of drug-likeness (QED) is 0.0330. The van der Waals surface area contributed by atoms with Gasteiger partial charge in [0.15, 0.2) is 11.9 Å². The highest BCUT2D eigenvalue weighted by atomic mass is 31.2. The predicted octanol–water partition coefficient (Wildman–Crippen LogP) is 7.46. The molecule has 0 heterocycles. The average Bonchev–Trinajstić information content (AvgIpc) is 3.36. The first-order valence-corrected chi connectivity index (χ1v) is 18.9. The van der Waals surface area contributed by atoms with Crippen LogP contribution in [0.1, 0.15) is 129 Å². The fourth-order valence-corrected chi connectivity index (χ4v) is 5.55. The summed E-state index contributed by atoms with van der Waals surface area (Å²) in [4.78, 5) is 54.9. The van der Waals surface area contributed by atoms with E-state index in [2.05, 4.69) is 18.4 Å². The Hall–Kier alpha value is -2.10. The fourth-order valence-electron chi connectivity index (χ4n) is 5.19. The van der Waals surface area contributed by atoms with Crippen molar-refractivity contribution in [3.8, 4) is 0 Å². The second kappa shape index (κ2) is 25.9. The van der Waals surface area contributed by atoms with Crippen LogP contribution in [0.25, 0.3) is 0 Å². The highest BCUT2D eigenvalue weighted by molar-refractivity contribution is 7.46. The van der Waals surface area contributed by atoms with Crippen LogP contribution in [0, 0.1) is 11.8 Å². The van der Waals surface area contributed by atoms with Gasteiger partial charge in [0.2, 0.25) is 0 Å². The zero-order valence-corrected chi connectivity index (χ0v) is 29.0. The van der Waals surface area contributed by atoms with Gasteiger partial charge in [-0.15, -0.1) is 0 Å². The number of aliphatic hydroxyl groups excluding tert-OH is 1. The number of allylic oxidation sites excluding steroid dienone is 5. The molecule has 0 saturated carbocycles. The SMILES string of the molecule is CCCCCCCCCCCC(=O)OC[C@H](COP(=O)(O)O)OC(=O)CCC/C=C\C[C@H]1C=CC(=O)[C@@H]1/C=C/[C@@H](O)CCCCC. The normalized spacial score (nSPS) is 18.1. The summed E-state index contributed by atoms with van der Waals surface area (Å²) < 4.78 is 26.2. The summed E-state index contributed by atoms with van der Waals surface area (Å²) >= 11 is 0. The molecule has 0 saturated heterocycles. The smallest absolute Gasteiger partial charge is 0.462 e. The lowest BCUT2D eigenvalue weighted by Gasteiger charge is -2.18. The van der Waals surface area contributed by atoms with E-state index in [0.29, 0.717) is 32.1 Å². The number of unbranched alkanes of at least 4 members (excludes halogenated alkanes) is 11. The van der Waals surface area contributed by atoms with Gasteiger partial charge in [0.05, 0.1) is 12.7 Å². The van der Waals surface area contributed by atoms with Crippen molar-refractivity contribution in [2.24, 2.45) is 11.8 Å². The molecule has 0 spiro atoms. The number of hydrogen-bond acceptors (Lipinski definition) is 8. The average molecular weight is 671 g/mol. The molecule has 4 atom stereocenters. The number of esters is 2. The standard InChI is InChI=1S/C35H59O10P/c1-3-5-7-8-9-10-11-12-17-21-34(38)43-27-31(28-44-46(40,41)42)45-35(39)22-18-14-13-16-19-29-23-26-33(37)32(29)25-24-30(36)20-15-6-4-2/h13,16,23-26,29-32,36H,3-12,14-15,17-22,27-28H2,1-2H3,(H2,40,41,42)/b16-13-,25-24+/t29-,30-,31+,32+/m0/s1. The highest BCUT2D eigenvalue weighted by Gasteiger charge is 2.27. The molecule has 11 heteroatoms. The number of ketones is 1. The number of rotatable bonds is 28. The van der Waals surface area contributed by atoms with Crippen molar-refractivity contribution in [2.45, 2.75) is 142 Å². The summed E-state index contributed by atoms with van der Waals surface area (Å²) in [6, 6.07) is 0. The van der Waals surface area contributed by atoms with Gasteiger partial charge in [-0.25, -0.2) is 4.57 Å². The maximum Gasteiger partial charge on any atom is 0.469 e. The molecule has 0 fully saturated rings. The van der Waals surface area contributed by atoms with Crippen LogP contribution in [0.4, 0.5) is 0 Å². The van der Waals surface area contributed by atoms with Gasteiger partial charge in [-0.05, 0) is 44.1 Å². The summed E-state index contributed by atoms with van der Waals surface area (Å²) in [5.41, 5.74) is 0. The van der Waals surface area contributed by atoms with E-state index in [0.717, 1.165) is 38.5 Å². The lowest BCUT2D eigenvalue weighted by atomic mass is 9.90. The van der Waals surface area contributed by atoms with Crippen molar-refractivity contribution < 1.29 is 47.8 Å². The molecule has 10 nitrogen and oxygen atoms in total. The third-order valence-corrected chi connectivity index (χ3v) is 8.39. The minimum Gasteiger partial charge on any atom is -0.462 e. The van der Waals surface area contributed by atoms with Crippen molar-refractivity contribution in [3.05, 3.63) is 36.5 Å². The van der Waals surface area contributed by atoms with Crippen molar-refractivity contribution in [1.29, 1.82) is 0 Å². The van der Waals surface area contributed by atoms with E-state index in [-0.39, 0.29) is 37.1 Å². The third kappa shape index (κ3) is 22.4. The zero-order chi connectivity index (χ0) is 34.0. The molecule has 0 bridgehead atoms. The Bertz CT molecular complexity index is 986. The lowest BCUT2D eigenvalue weighted by molar-refractivity contribution is -0.161. The summed E-state index contributed by atoms with van der Waals surface area (Å²) in [6.45, 7) is 3.36. The van der Waals surface area contributed by atoms with Gasteiger partial charge in [0.25, 0.3) is 0 Å². The van der Waals surface area contributed by atoms with Gasteiger partial charge in [0, 0.05) is 18.8 Å². The number of aliphatic hydroxyl groups is 1. The van der Waals surface area contributed by atoms with Gasteiger partial charge in [0.1, 0.15) is 6.61 Å². The Balaban J connectivity index is 2.37. The Morgan fingerprint density at radius 2 is 1.50 bits per heavy atom. The molecule has 0 aliphatic heterocycles. The van der Waals surface area contributed by atoms with Gasteiger partial charge >= 0.3 is 19.8 Å². The van der Waals surface area contributed by atoms with E-state index < -0.39 is 38.6 Å². The van der Waals surface area contributed by atoms with Crippen LogP contribution in [0.3, 0.4) is 0 Å². The van der Waals surface area contributed by atoms with Crippen molar-refractivity contribution >= 4 is 25.5 Å². The fraction of sp³-hybridized carbons (Fsp3) is 0.743. The molecule has 264 valence electrons. The maximum absolute atomic E-state index is 12.4.